The summed E-state index contributed by atoms with van der Waals surface area (Å²) < 4.78 is 83.9. The molecule has 0 aromatic heterocycles. The first-order valence-electron chi connectivity index (χ1n) is 3.51. The molecule has 11 heteroatoms. The zero-order chi connectivity index (χ0) is 14.1. The SMILES string of the molecule is O=CC(=O)NC(=O)C(F)(F)C(F)(F)C(F)(F)F. The second-order valence-electron chi connectivity index (χ2n) is 2.58. The third-order valence-electron chi connectivity index (χ3n) is 1.38. The molecule has 0 aliphatic rings. The Morgan fingerprint density at radius 1 is 0.941 bits per heavy atom. The Morgan fingerprint density at radius 3 is 1.65 bits per heavy atom. The Hall–Kier alpha value is -1.68. The highest BCUT2D eigenvalue weighted by atomic mass is 19.4. The van der Waals surface area contributed by atoms with Gasteiger partial charge in [-0.1, -0.05) is 0 Å². The summed E-state index contributed by atoms with van der Waals surface area (Å²) in [5.74, 6) is -18.2. The maximum Gasteiger partial charge on any atom is 0.460 e. The summed E-state index contributed by atoms with van der Waals surface area (Å²) in [7, 11) is 0. The van der Waals surface area contributed by atoms with Crippen molar-refractivity contribution >= 4 is 18.1 Å². The molecule has 0 unspecified atom stereocenters. The van der Waals surface area contributed by atoms with Crippen molar-refractivity contribution in [3.63, 3.8) is 0 Å². The monoisotopic (exact) mass is 269 g/mol. The van der Waals surface area contributed by atoms with E-state index >= 15 is 0 Å². The van der Waals surface area contributed by atoms with Crippen LogP contribution in [0.5, 0.6) is 0 Å². The van der Waals surface area contributed by atoms with Crippen molar-refractivity contribution in [3.05, 3.63) is 0 Å². The van der Waals surface area contributed by atoms with Crippen molar-refractivity contribution in [3.8, 4) is 0 Å². The fraction of sp³-hybridized carbons (Fsp3) is 0.500. The molecular formula is C6H2F7NO3. The van der Waals surface area contributed by atoms with E-state index in [0.29, 0.717) is 5.32 Å². The van der Waals surface area contributed by atoms with E-state index in [4.69, 9.17) is 0 Å². The molecule has 0 fully saturated rings. The van der Waals surface area contributed by atoms with E-state index in [2.05, 4.69) is 0 Å². The number of carbonyl (C=O) groups is 3. The molecule has 0 heterocycles. The number of amides is 2. The van der Waals surface area contributed by atoms with E-state index in [1.165, 1.54) is 0 Å². The standard InChI is InChI=1S/C6H2F7NO3/c7-4(8,3(17)14-2(16)1-15)5(9,10)6(11,12)13/h1H,(H,14,16,17). The first-order valence-corrected chi connectivity index (χ1v) is 3.51. The molecule has 0 aromatic carbocycles. The molecule has 4 nitrogen and oxygen atoms in total. The summed E-state index contributed by atoms with van der Waals surface area (Å²) in [6, 6.07) is 0. The highest BCUT2D eigenvalue weighted by Crippen LogP contribution is 2.46. The van der Waals surface area contributed by atoms with Crippen LogP contribution in [0.2, 0.25) is 0 Å². The lowest BCUT2D eigenvalue weighted by atomic mass is 10.1. The van der Waals surface area contributed by atoms with Gasteiger partial charge in [-0.05, 0) is 0 Å². The second kappa shape index (κ2) is 4.30. The van der Waals surface area contributed by atoms with Crippen LogP contribution in [0, 0.1) is 0 Å². The average molecular weight is 269 g/mol. The van der Waals surface area contributed by atoms with Gasteiger partial charge in [0.1, 0.15) is 0 Å². The van der Waals surface area contributed by atoms with Gasteiger partial charge in [0.2, 0.25) is 6.29 Å². The first kappa shape index (κ1) is 15.3. The summed E-state index contributed by atoms with van der Waals surface area (Å²) in [4.78, 5) is 30.0. The minimum absolute atomic E-state index is 0.372. The van der Waals surface area contributed by atoms with Crippen LogP contribution in [0.1, 0.15) is 0 Å². The van der Waals surface area contributed by atoms with Gasteiger partial charge in [-0.3, -0.25) is 19.7 Å². The Kier molecular flexibility index (Phi) is 3.87. The normalized spacial score (nSPS) is 13.1. The van der Waals surface area contributed by atoms with Crippen LogP contribution in [0.15, 0.2) is 0 Å². The Bertz CT molecular complexity index is 348. The lowest BCUT2D eigenvalue weighted by Crippen LogP contribution is -2.60. The predicted octanol–water partition coefficient (Wildman–Crippen LogP) is 0.661. The molecule has 0 saturated carbocycles. The summed E-state index contributed by atoms with van der Waals surface area (Å²) in [6.07, 6.45) is -7.45. The molecule has 0 radical (unpaired) electrons. The van der Waals surface area contributed by atoms with Gasteiger partial charge in [-0.25, -0.2) is 0 Å². The van der Waals surface area contributed by atoms with Gasteiger partial charge in [0.05, 0.1) is 0 Å². The van der Waals surface area contributed by atoms with Gasteiger partial charge in [-0.15, -0.1) is 0 Å². The highest BCUT2D eigenvalue weighted by Gasteiger charge is 2.76. The van der Waals surface area contributed by atoms with Gasteiger partial charge in [0.15, 0.2) is 0 Å². The number of nitrogens with one attached hydrogen (secondary N) is 1. The molecule has 0 atom stereocenters. The van der Waals surface area contributed by atoms with Gasteiger partial charge in [0.25, 0.3) is 5.91 Å². The van der Waals surface area contributed by atoms with Crippen molar-refractivity contribution in [1.29, 1.82) is 0 Å². The fourth-order valence-electron chi connectivity index (χ4n) is 0.540. The van der Waals surface area contributed by atoms with Crippen LogP contribution in [0.4, 0.5) is 30.7 Å². The molecule has 17 heavy (non-hydrogen) atoms. The van der Waals surface area contributed by atoms with E-state index in [1.54, 1.807) is 0 Å². The quantitative estimate of drug-likeness (QED) is 0.465. The fourth-order valence-corrected chi connectivity index (χ4v) is 0.540. The van der Waals surface area contributed by atoms with Crippen molar-refractivity contribution in [2.75, 3.05) is 0 Å². The van der Waals surface area contributed by atoms with Gasteiger partial charge < -0.3 is 0 Å². The lowest BCUT2D eigenvalue weighted by Gasteiger charge is -2.26. The van der Waals surface area contributed by atoms with Crippen LogP contribution in [-0.2, 0) is 14.4 Å². The van der Waals surface area contributed by atoms with E-state index in [-0.39, 0.29) is 0 Å². The molecule has 0 saturated heterocycles. The van der Waals surface area contributed by atoms with Crippen molar-refractivity contribution < 1.29 is 45.1 Å². The number of alkyl halides is 7. The van der Waals surface area contributed by atoms with E-state index < -0.39 is 36.1 Å². The van der Waals surface area contributed by atoms with Crippen molar-refractivity contribution in [2.45, 2.75) is 18.0 Å². The Morgan fingerprint density at radius 2 is 1.35 bits per heavy atom. The maximum atomic E-state index is 12.4. The third kappa shape index (κ3) is 2.71. The van der Waals surface area contributed by atoms with E-state index in [1.807, 2.05) is 0 Å². The summed E-state index contributed by atoms with van der Waals surface area (Å²) >= 11 is 0. The molecule has 0 bridgehead atoms. The first-order chi connectivity index (χ1) is 7.38. The van der Waals surface area contributed by atoms with Crippen LogP contribution >= 0.6 is 0 Å². The highest BCUT2D eigenvalue weighted by molar-refractivity contribution is 6.28. The number of rotatable bonds is 3. The van der Waals surface area contributed by atoms with Gasteiger partial charge >= 0.3 is 23.9 Å². The van der Waals surface area contributed by atoms with E-state index in [9.17, 15) is 45.1 Å². The Balaban J connectivity index is 5.20. The van der Waals surface area contributed by atoms with Crippen LogP contribution in [0.3, 0.4) is 0 Å². The zero-order valence-corrected chi connectivity index (χ0v) is 7.45. The molecule has 0 rings (SSSR count). The van der Waals surface area contributed by atoms with Crippen molar-refractivity contribution in [1.82, 2.24) is 5.32 Å². The van der Waals surface area contributed by atoms with Crippen molar-refractivity contribution in [2.24, 2.45) is 0 Å². The molecule has 98 valence electrons. The lowest BCUT2D eigenvalue weighted by molar-refractivity contribution is -0.343. The maximum absolute atomic E-state index is 12.4. The molecule has 0 aromatic rings. The number of halogens is 7. The van der Waals surface area contributed by atoms with Crippen LogP contribution in [-0.4, -0.2) is 36.1 Å². The topological polar surface area (TPSA) is 63.2 Å². The molecule has 0 aliphatic heterocycles. The second-order valence-corrected chi connectivity index (χ2v) is 2.58. The number of carbonyl (C=O) groups excluding carboxylic acids is 3. The third-order valence-corrected chi connectivity index (χ3v) is 1.38. The number of aldehydes is 1. The molecule has 0 spiro atoms. The molecule has 2 amide bonds. The van der Waals surface area contributed by atoms with Gasteiger partial charge in [-0.2, -0.15) is 30.7 Å². The van der Waals surface area contributed by atoms with Crippen LogP contribution < -0.4 is 5.32 Å². The average Bonchev–Trinajstić information content (AvgIpc) is 2.15. The summed E-state index contributed by atoms with van der Waals surface area (Å²) in [5, 5.41) is 0.372. The van der Waals surface area contributed by atoms with Crippen LogP contribution in [0.25, 0.3) is 0 Å². The molecule has 1 N–H and O–H groups in total. The predicted molar refractivity (Wildman–Crippen MR) is 35.2 cm³/mol. The minimum atomic E-state index is -6.70. The minimum Gasteiger partial charge on any atom is -0.292 e. The molecular weight excluding hydrogens is 267 g/mol. The Labute approximate surface area is 87.8 Å². The largest absolute Gasteiger partial charge is 0.460 e. The van der Waals surface area contributed by atoms with Gasteiger partial charge in [0, 0.05) is 0 Å². The number of imide groups is 1. The number of hydrogen-bond donors (Lipinski definition) is 1. The smallest absolute Gasteiger partial charge is 0.292 e. The van der Waals surface area contributed by atoms with E-state index in [0.717, 1.165) is 0 Å². The molecule has 0 aliphatic carbocycles. The number of hydrogen-bond acceptors (Lipinski definition) is 3. The zero-order valence-electron chi connectivity index (χ0n) is 7.45. The summed E-state index contributed by atoms with van der Waals surface area (Å²) in [5.41, 5.74) is 0. The summed E-state index contributed by atoms with van der Waals surface area (Å²) in [6.45, 7) is 0.